The lowest BCUT2D eigenvalue weighted by Gasteiger charge is -2.21. The number of fused-ring (bicyclic) bond motifs is 3. The molecule has 0 amide bonds. The van der Waals surface area contributed by atoms with Gasteiger partial charge < -0.3 is 5.73 Å². The molecule has 0 aliphatic heterocycles. The quantitative estimate of drug-likeness (QED) is 0.620. The molecule has 2 N–H and O–H groups in total. The highest BCUT2D eigenvalue weighted by Crippen LogP contribution is 2.31. The van der Waals surface area contributed by atoms with Gasteiger partial charge in [0, 0.05) is 22.5 Å². The highest BCUT2D eigenvalue weighted by Gasteiger charge is 2.19. The van der Waals surface area contributed by atoms with Gasteiger partial charge >= 0.3 is 0 Å². The van der Waals surface area contributed by atoms with E-state index < -0.39 is 0 Å². The van der Waals surface area contributed by atoms with Crippen LogP contribution in [0.1, 0.15) is 26.3 Å². The van der Waals surface area contributed by atoms with Crippen molar-refractivity contribution in [3.8, 4) is 0 Å². The number of rotatable bonds is 0. The van der Waals surface area contributed by atoms with E-state index >= 15 is 0 Å². The van der Waals surface area contributed by atoms with Crippen LogP contribution in [0, 0.1) is 0 Å². The predicted octanol–water partition coefficient (Wildman–Crippen LogP) is 3.66. The molecule has 0 radical (unpaired) electrons. The van der Waals surface area contributed by atoms with Crippen LogP contribution in [0.25, 0.3) is 21.8 Å². The average molecular weight is 251 g/mol. The van der Waals surface area contributed by atoms with Gasteiger partial charge in [-0.1, -0.05) is 39.0 Å². The number of hydrogen-bond acceptors (Lipinski definition) is 3. The average Bonchev–Trinajstić information content (AvgIpc) is 2.36. The first kappa shape index (κ1) is 11.9. The Morgan fingerprint density at radius 2 is 1.74 bits per heavy atom. The molecule has 2 aromatic heterocycles. The standard InChI is InChI=1S/C16H17N3/c1-16(2,3)12-9-11-7-6-10-5-4-8-18-13(10)14(11)19-15(12)17/h4-9H,1-3H3,(H2,17,19). The highest BCUT2D eigenvalue weighted by atomic mass is 14.9. The van der Waals surface area contributed by atoms with Gasteiger partial charge in [-0.15, -0.1) is 0 Å². The van der Waals surface area contributed by atoms with Gasteiger partial charge in [-0.2, -0.15) is 0 Å². The fourth-order valence-electron chi connectivity index (χ4n) is 2.39. The molecular weight excluding hydrogens is 234 g/mol. The lowest BCUT2D eigenvalue weighted by Crippen LogP contribution is -2.15. The van der Waals surface area contributed by atoms with Gasteiger partial charge in [0.05, 0.1) is 11.0 Å². The first-order valence-corrected chi connectivity index (χ1v) is 6.41. The van der Waals surface area contributed by atoms with Crippen LogP contribution in [0.5, 0.6) is 0 Å². The summed E-state index contributed by atoms with van der Waals surface area (Å²) in [7, 11) is 0. The van der Waals surface area contributed by atoms with Crippen molar-refractivity contribution < 1.29 is 0 Å². The third kappa shape index (κ3) is 1.91. The Labute approximate surface area is 112 Å². The summed E-state index contributed by atoms with van der Waals surface area (Å²) in [6.07, 6.45) is 1.79. The normalized spacial score (nSPS) is 12.2. The maximum atomic E-state index is 6.12. The van der Waals surface area contributed by atoms with Crippen LogP contribution in [0.2, 0.25) is 0 Å². The molecule has 3 rings (SSSR count). The Bertz CT molecular complexity index is 770. The summed E-state index contributed by atoms with van der Waals surface area (Å²) >= 11 is 0. The van der Waals surface area contributed by atoms with E-state index in [9.17, 15) is 0 Å². The Morgan fingerprint density at radius 1 is 1.00 bits per heavy atom. The van der Waals surface area contributed by atoms with Crippen LogP contribution in [0.3, 0.4) is 0 Å². The fraction of sp³-hybridized carbons (Fsp3) is 0.250. The summed E-state index contributed by atoms with van der Waals surface area (Å²) in [6.45, 7) is 6.43. The summed E-state index contributed by atoms with van der Waals surface area (Å²) in [6, 6.07) is 10.3. The molecule has 0 atom stereocenters. The number of hydrogen-bond donors (Lipinski definition) is 1. The van der Waals surface area contributed by atoms with Gasteiger partial charge in [-0.05, 0) is 17.5 Å². The first-order valence-electron chi connectivity index (χ1n) is 6.41. The molecule has 0 bridgehead atoms. The van der Waals surface area contributed by atoms with Crippen LogP contribution in [0.4, 0.5) is 5.82 Å². The van der Waals surface area contributed by atoms with E-state index in [1.165, 1.54) is 0 Å². The van der Waals surface area contributed by atoms with Crippen molar-refractivity contribution >= 4 is 27.6 Å². The highest BCUT2D eigenvalue weighted by molar-refractivity contribution is 6.03. The fourth-order valence-corrected chi connectivity index (χ4v) is 2.39. The number of nitrogens with zero attached hydrogens (tertiary/aromatic N) is 2. The van der Waals surface area contributed by atoms with E-state index in [4.69, 9.17) is 5.73 Å². The topological polar surface area (TPSA) is 51.8 Å². The second kappa shape index (κ2) is 3.92. The van der Waals surface area contributed by atoms with E-state index in [-0.39, 0.29) is 5.41 Å². The maximum Gasteiger partial charge on any atom is 0.127 e. The van der Waals surface area contributed by atoms with Crippen molar-refractivity contribution in [2.24, 2.45) is 0 Å². The van der Waals surface area contributed by atoms with Gasteiger partial charge in [0.1, 0.15) is 5.82 Å². The van der Waals surface area contributed by atoms with E-state index in [1.807, 2.05) is 12.1 Å². The molecule has 96 valence electrons. The van der Waals surface area contributed by atoms with Crippen molar-refractivity contribution in [1.82, 2.24) is 9.97 Å². The first-order chi connectivity index (χ1) is 8.97. The van der Waals surface area contributed by atoms with Gasteiger partial charge in [0.25, 0.3) is 0 Å². The molecule has 2 heterocycles. The van der Waals surface area contributed by atoms with Gasteiger partial charge in [-0.3, -0.25) is 4.98 Å². The summed E-state index contributed by atoms with van der Waals surface area (Å²) in [5.41, 5.74) is 8.98. The third-order valence-electron chi connectivity index (χ3n) is 3.40. The van der Waals surface area contributed by atoms with Gasteiger partial charge in [0.15, 0.2) is 0 Å². The molecule has 3 heteroatoms. The third-order valence-corrected chi connectivity index (χ3v) is 3.40. The zero-order valence-corrected chi connectivity index (χ0v) is 11.4. The van der Waals surface area contributed by atoms with Crippen LogP contribution in [-0.4, -0.2) is 9.97 Å². The largest absolute Gasteiger partial charge is 0.383 e. The Morgan fingerprint density at radius 3 is 2.47 bits per heavy atom. The lowest BCUT2D eigenvalue weighted by molar-refractivity contribution is 0.591. The zero-order valence-electron chi connectivity index (χ0n) is 11.4. The molecular formula is C16H17N3. The number of pyridine rings is 2. The monoisotopic (exact) mass is 251 g/mol. The summed E-state index contributed by atoms with van der Waals surface area (Å²) in [4.78, 5) is 9.01. The summed E-state index contributed by atoms with van der Waals surface area (Å²) in [5.74, 6) is 0.596. The minimum absolute atomic E-state index is 0.00958. The maximum absolute atomic E-state index is 6.12. The van der Waals surface area contributed by atoms with E-state index in [1.54, 1.807) is 6.20 Å². The van der Waals surface area contributed by atoms with Crippen LogP contribution in [0.15, 0.2) is 36.5 Å². The second-order valence-corrected chi connectivity index (χ2v) is 5.88. The zero-order chi connectivity index (χ0) is 13.6. The second-order valence-electron chi connectivity index (χ2n) is 5.88. The SMILES string of the molecule is CC(C)(C)c1cc2ccc3cccnc3c2nc1N. The van der Waals surface area contributed by atoms with Crippen LogP contribution >= 0.6 is 0 Å². The molecule has 3 nitrogen and oxygen atoms in total. The predicted molar refractivity (Wildman–Crippen MR) is 80.2 cm³/mol. The number of nitrogens with two attached hydrogens (primary N) is 1. The van der Waals surface area contributed by atoms with Crippen molar-refractivity contribution in [2.75, 3.05) is 5.73 Å². The Kier molecular flexibility index (Phi) is 2.45. The number of anilines is 1. The molecule has 0 saturated heterocycles. The molecule has 0 aliphatic rings. The molecule has 3 aromatic rings. The van der Waals surface area contributed by atoms with E-state index in [2.05, 4.69) is 48.9 Å². The minimum Gasteiger partial charge on any atom is -0.383 e. The molecule has 1 aromatic carbocycles. The van der Waals surface area contributed by atoms with Crippen molar-refractivity contribution in [3.05, 3.63) is 42.1 Å². The minimum atomic E-state index is -0.00958. The molecule has 0 fully saturated rings. The summed E-state index contributed by atoms with van der Waals surface area (Å²) < 4.78 is 0. The number of nitrogen functional groups attached to an aromatic ring is 1. The lowest BCUT2D eigenvalue weighted by atomic mass is 9.86. The van der Waals surface area contributed by atoms with Crippen LogP contribution in [-0.2, 0) is 5.41 Å². The van der Waals surface area contributed by atoms with Gasteiger partial charge in [0.2, 0.25) is 0 Å². The van der Waals surface area contributed by atoms with Crippen LogP contribution < -0.4 is 5.73 Å². The molecule has 0 spiro atoms. The van der Waals surface area contributed by atoms with Gasteiger partial charge in [-0.25, -0.2) is 4.98 Å². The van der Waals surface area contributed by atoms with Crippen molar-refractivity contribution in [1.29, 1.82) is 0 Å². The summed E-state index contributed by atoms with van der Waals surface area (Å²) in [5, 5.41) is 2.18. The van der Waals surface area contributed by atoms with Crippen molar-refractivity contribution in [2.45, 2.75) is 26.2 Å². The number of aromatic nitrogens is 2. The Balaban J connectivity index is 2.41. The molecule has 0 saturated carbocycles. The Hall–Kier alpha value is -2.16. The van der Waals surface area contributed by atoms with E-state index in [0.29, 0.717) is 5.82 Å². The van der Waals surface area contributed by atoms with E-state index in [0.717, 1.165) is 27.4 Å². The molecule has 0 unspecified atom stereocenters. The molecule has 19 heavy (non-hydrogen) atoms. The number of benzene rings is 1. The van der Waals surface area contributed by atoms with Crippen molar-refractivity contribution in [3.63, 3.8) is 0 Å². The smallest absolute Gasteiger partial charge is 0.127 e. The molecule has 0 aliphatic carbocycles.